The Morgan fingerprint density at radius 3 is 2.22 bits per heavy atom. The lowest BCUT2D eigenvalue weighted by atomic mass is 10.1. The number of hydrogen-bond acceptors (Lipinski definition) is 6. The normalized spacial score (nSPS) is 16.0. The lowest BCUT2D eigenvalue weighted by Gasteiger charge is -2.41. The highest BCUT2D eigenvalue weighted by Crippen LogP contribution is 2.32. The summed E-state index contributed by atoms with van der Waals surface area (Å²) in [6.45, 7) is 6.38. The van der Waals surface area contributed by atoms with Crippen LogP contribution in [0.15, 0.2) is 88.1 Å². The van der Waals surface area contributed by atoms with E-state index in [-0.39, 0.29) is 11.9 Å². The molecule has 36 heavy (non-hydrogen) atoms. The van der Waals surface area contributed by atoms with E-state index >= 15 is 0 Å². The molecule has 6 rings (SSSR count). The third-order valence-electron chi connectivity index (χ3n) is 6.67. The van der Waals surface area contributed by atoms with Crippen LogP contribution in [0.1, 0.15) is 22.8 Å². The molecule has 3 aromatic heterocycles. The summed E-state index contributed by atoms with van der Waals surface area (Å²) in [7, 11) is 0. The monoisotopic (exact) mass is 478 g/mol. The maximum atomic E-state index is 13.5. The molecule has 1 aliphatic heterocycles. The lowest BCUT2D eigenvalue weighted by molar-refractivity contribution is 0.0726. The topological polar surface area (TPSA) is 75.6 Å². The zero-order chi connectivity index (χ0) is 24.6. The molecule has 0 radical (unpaired) electrons. The van der Waals surface area contributed by atoms with Gasteiger partial charge in [0.15, 0.2) is 11.5 Å². The molecular formula is C29H26N4O3. The molecule has 5 aromatic rings. The van der Waals surface area contributed by atoms with E-state index in [9.17, 15) is 4.79 Å². The molecule has 0 bridgehead atoms. The Morgan fingerprint density at radius 1 is 0.861 bits per heavy atom. The Balaban J connectivity index is 1.29. The van der Waals surface area contributed by atoms with Gasteiger partial charge < -0.3 is 18.6 Å². The maximum Gasteiger partial charge on any atom is 0.254 e. The van der Waals surface area contributed by atoms with Crippen molar-refractivity contribution in [2.24, 2.45) is 0 Å². The van der Waals surface area contributed by atoms with Crippen LogP contribution in [0.2, 0.25) is 0 Å². The highest BCUT2D eigenvalue weighted by Gasteiger charge is 2.28. The Labute approximate surface area is 209 Å². The van der Waals surface area contributed by atoms with Crippen molar-refractivity contribution in [2.45, 2.75) is 19.9 Å². The van der Waals surface area contributed by atoms with Crippen molar-refractivity contribution >= 4 is 22.6 Å². The van der Waals surface area contributed by atoms with E-state index in [1.807, 2.05) is 47.4 Å². The second-order valence-corrected chi connectivity index (χ2v) is 9.21. The highest BCUT2D eigenvalue weighted by atomic mass is 16.3. The standard InChI is InChI=1S/C29H26N4O3/c1-19-6-3-7-22(16-19)33-13-12-32(18-20(33)2)29(34)21-10-11-23-24(17-21)31-28(26-9-5-15-36-26)27(30-23)25-8-4-14-35-25/h3-11,14-17,20H,12-13,18H2,1-2H3/t20-/m0/s1. The van der Waals surface area contributed by atoms with Crippen molar-refractivity contribution in [3.05, 3.63) is 90.4 Å². The molecule has 1 aliphatic rings. The SMILES string of the molecule is Cc1cccc(N2CCN(C(=O)c3ccc4nc(-c5ccco5)c(-c5ccco5)nc4c3)C[C@@H]2C)c1. The van der Waals surface area contributed by atoms with Gasteiger partial charge in [-0.15, -0.1) is 0 Å². The maximum absolute atomic E-state index is 13.5. The summed E-state index contributed by atoms with van der Waals surface area (Å²) in [5.74, 6) is 1.20. The number of piperazine rings is 1. The molecule has 0 spiro atoms. The molecule has 0 aliphatic carbocycles. The van der Waals surface area contributed by atoms with Gasteiger partial charge in [-0.05, 0) is 74.0 Å². The number of aromatic nitrogens is 2. The zero-order valence-electron chi connectivity index (χ0n) is 20.2. The number of anilines is 1. The zero-order valence-corrected chi connectivity index (χ0v) is 20.2. The van der Waals surface area contributed by atoms with E-state index in [1.165, 1.54) is 11.3 Å². The van der Waals surface area contributed by atoms with Crippen molar-refractivity contribution in [1.29, 1.82) is 0 Å². The second kappa shape index (κ2) is 9.00. The van der Waals surface area contributed by atoms with Gasteiger partial charge >= 0.3 is 0 Å². The number of rotatable bonds is 4. The first-order valence-corrected chi connectivity index (χ1v) is 12.1. The number of carbonyl (C=O) groups is 1. The Bertz CT molecular complexity index is 1530. The first-order chi connectivity index (χ1) is 17.6. The number of amides is 1. The molecule has 1 saturated heterocycles. The molecule has 7 heteroatoms. The summed E-state index contributed by atoms with van der Waals surface area (Å²) >= 11 is 0. The Hall–Kier alpha value is -4.39. The Morgan fingerprint density at radius 2 is 1.58 bits per heavy atom. The van der Waals surface area contributed by atoms with E-state index in [0.29, 0.717) is 52.6 Å². The predicted molar refractivity (Wildman–Crippen MR) is 139 cm³/mol. The molecule has 0 unspecified atom stereocenters. The fourth-order valence-corrected chi connectivity index (χ4v) is 4.87. The molecule has 7 nitrogen and oxygen atoms in total. The van der Waals surface area contributed by atoms with Crippen LogP contribution in [0, 0.1) is 6.92 Å². The van der Waals surface area contributed by atoms with Crippen molar-refractivity contribution in [3.8, 4) is 22.9 Å². The molecule has 0 saturated carbocycles. The summed E-state index contributed by atoms with van der Waals surface area (Å²) in [5, 5.41) is 0. The van der Waals surface area contributed by atoms with Gasteiger partial charge in [-0.1, -0.05) is 12.1 Å². The molecular weight excluding hydrogens is 452 g/mol. The number of aryl methyl sites for hydroxylation is 1. The molecule has 1 amide bonds. The third kappa shape index (κ3) is 4.02. The largest absolute Gasteiger partial charge is 0.463 e. The molecule has 1 fully saturated rings. The van der Waals surface area contributed by atoms with Crippen molar-refractivity contribution < 1.29 is 13.6 Å². The van der Waals surface area contributed by atoms with Gasteiger partial charge in [0.05, 0.1) is 23.6 Å². The minimum Gasteiger partial charge on any atom is -0.463 e. The van der Waals surface area contributed by atoms with Crippen molar-refractivity contribution in [3.63, 3.8) is 0 Å². The Kier molecular flexibility index (Phi) is 5.52. The van der Waals surface area contributed by atoms with E-state index in [1.54, 1.807) is 12.5 Å². The molecule has 180 valence electrons. The number of furan rings is 2. The highest BCUT2D eigenvalue weighted by molar-refractivity contribution is 5.98. The van der Waals surface area contributed by atoms with Crippen molar-refractivity contribution in [1.82, 2.24) is 14.9 Å². The lowest BCUT2D eigenvalue weighted by Crippen LogP contribution is -2.53. The van der Waals surface area contributed by atoms with Gasteiger partial charge in [-0.2, -0.15) is 0 Å². The molecule has 4 heterocycles. The minimum atomic E-state index is 0.00380. The average molecular weight is 479 g/mol. The van der Waals surface area contributed by atoms with Crippen LogP contribution < -0.4 is 4.90 Å². The first-order valence-electron chi connectivity index (χ1n) is 12.1. The van der Waals surface area contributed by atoms with Crippen molar-refractivity contribution in [2.75, 3.05) is 24.5 Å². The fourth-order valence-electron chi connectivity index (χ4n) is 4.87. The van der Waals surface area contributed by atoms with E-state index < -0.39 is 0 Å². The van der Waals surface area contributed by atoms with E-state index in [2.05, 4.69) is 43.0 Å². The van der Waals surface area contributed by atoms with Crippen LogP contribution in [0.4, 0.5) is 5.69 Å². The van der Waals surface area contributed by atoms with Gasteiger partial charge in [0.1, 0.15) is 11.4 Å². The van der Waals surface area contributed by atoms with Gasteiger partial charge in [0, 0.05) is 36.9 Å². The van der Waals surface area contributed by atoms with Gasteiger partial charge in [-0.3, -0.25) is 4.79 Å². The number of carbonyl (C=O) groups excluding carboxylic acids is 1. The fraction of sp³-hybridized carbons (Fsp3) is 0.207. The van der Waals surface area contributed by atoms with E-state index in [4.69, 9.17) is 18.8 Å². The number of hydrogen-bond donors (Lipinski definition) is 0. The second-order valence-electron chi connectivity index (χ2n) is 9.21. The quantitative estimate of drug-likeness (QED) is 0.325. The average Bonchev–Trinajstić information content (AvgIpc) is 3.62. The predicted octanol–water partition coefficient (Wildman–Crippen LogP) is 5.81. The van der Waals surface area contributed by atoms with Gasteiger partial charge in [0.2, 0.25) is 0 Å². The number of benzene rings is 2. The van der Waals surface area contributed by atoms with Crippen LogP contribution in [-0.2, 0) is 0 Å². The molecule has 2 aromatic carbocycles. The van der Waals surface area contributed by atoms with Crippen LogP contribution in [0.3, 0.4) is 0 Å². The summed E-state index contributed by atoms with van der Waals surface area (Å²) < 4.78 is 11.2. The van der Waals surface area contributed by atoms with Gasteiger partial charge in [-0.25, -0.2) is 9.97 Å². The molecule has 1 atom stereocenters. The van der Waals surface area contributed by atoms with Gasteiger partial charge in [0.25, 0.3) is 5.91 Å². The van der Waals surface area contributed by atoms with Crippen LogP contribution >= 0.6 is 0 Å². The number of fused-ring (bicyclic) bond motifs is 1. The molecule has 0 N–H and O–H groups in total. The number of nitrogens with zero attached hydrogens (tertiary/aromatic N) is 4. The smallest absolute Gasteiger partial charge is 0.254 e. The third-order valence-corrected chi connectivity index (χ3v) is 6.67. The summed E-state index contributed by atoms with van der Waals surface area (Å²) in [6, 6.07) is 21.5. The summed E-state index contributed by atoms with van der Waals surface area (Å²) in [5.41, 5.74) is 5.53. The summed E-state index contributed by atoms with van der Waals surface area (Å²) in [6.07, 6.45) is 3.21. The van der Waals surface area contributed by atoms with Crippen LogP contribution in [-0.4, -0.2) is 46.5 Å². The summed E-state index contributed by atoms with van der Waals surface area (Å²) in [4.78, 5) is 27.4. The van der Waals surface area contributed by atoms with E-state index in [0.717, 1.165) is 6.54 Å². The van der Waals surface area contributed by atoms with Crippen LogP contribution in [0.5, 0.6) is 0 Å². The minimum absolute atomic E-state index is 0.00380. The first kappa shape index (κ1) is 22.1. The van der Waals surface area contributed by atoms with Crippen LogP contribution in [0.25, 0.3) is 33.9 Å².